The van der Waals surface area contributed by atoms with Gasteiger partial charge in [0, 0.05) is 0 Å². The molecule has 0 bridgehead atoms. The molecule has 0 fully saturated rings. The molecule has 0 aromatic carbocycles. The molecule has 0 aliphatic rings. The number of nitrogens with two attached hydrogens (primary N) is 1. The Hall–Kier alpha value is -0.900. The second-order valence-corrected chi connectivity index (χ2v) is 2.30. The third-order valence-electron chi connectivity index (χ3n) is 1.16. The standard InChI is InChI=1S/C6H5ClF2N2/c7-4-2-1-3(5(8)9)6(10)11-4/h1-2,5H,(H2,10,11). The fourth-order valence-corrected chi connectivity index (χ4v) is 0.799. The molecule has 0 atom stereocenters. The third-order valence-corrected chi connectivity index (χ3v) is 1.37. The van der Waals surface area contributed by atoms with E-state index in [1.807, 2.05) is 0 Å². The van der Waals surface area contributed by atoms with Crippen LogP contribution in [0.3, 0.4) is 0 Å². The molecule has 2 N–H and O–H groups in total. The van der Waals surface area contributed by atoms with Gasteiger partial charge in [-0.15, -0.1) is 0 Å². The molecule has 0 amide bonds. The zero-order valence-corrected chi connectivity index (χ0v) is 6.15. The summed E-state index contributed by atoms with van der Waals surface area (Å²) in [5.74, 6) is -0.215. The van der Waals surface area contributed by atoms with Gasteiger partial charge in [0.1, 0.15) is 11.0 Å². The van der Waals surface area contributed by atoms with Gasteiger partial charge < -0.3 is 5.73 Å². The van der Waals surface area contributed by atoms with Crippen LogP contribution in [-0.4, -0.2) is 4.98 Å². The molecule has 2 nitrogen and oxygen atoms in total. The van der Waals surface area contributed by atoms with Crippen molar-refractivity contribution in [1.29, 1.82) is 0 Å². The molecule has 0 aliphatic carbocycles. The van der Waals surface area contributed by atoms with Crippen molar-refractivity contribution in [2.24, 2.45) is 0 Å². The number of rotatable bonds is 1. The van der Waals surface area contributed by atoms with Crippen LogP contribution >= 0.6 is 11.6 Å². The summed E-state index contributed by atoms with van der Waals surface area (Å²) >= 11 is 5.39. The number of anilines is 1. The molecule has 5 heteroatoms. The van der Waals surface area contributed by atoms with E-state index in [2.05, 4.69) is 4.98 Å². The van der Waals surface area contributed by atoms with Gasteiger partial charge in [0.05, 0.1) is 5.56 Å². The number of hydrogen-bond acceptors (Lipinski definition) is 2. The Bertz CT molecular complexity index is 265. The highest BCUT2D eigenvalue weighted by atomic mass is 35.5. The van der Waals surface area contributed by atoms with Gasteiger partial charge in [0.2, 0.25) is 0 Å². The maximum Gasteiger partial charge on any atom is 0.267 e. The minimum absolute atomic E-state index is 0.118. The van der Waals surface area contributed by atoms with Crippen molar-refractivity contribution in [2.75, 3.05) is 5.73 Å². The maximum absolute atomic E-state index is 12.0. The summed E-state index contributed by atoms with van der Waals surface area (Å²) in [6.07, 6.45) is -2.60. The van der Waals surface area contributed by atoms with Crippen LogP contribution in [0.1, 0.15) is 12.0 Å². The average Bonchev–Trinajstić information content (AvgIpc) is 1.85. The quantitative estimate of drug-likeness (QED) is 0.670. The summed E-state index contributed by atoms with van der Waals surface area (Å²) in [6.45, 7) is 0. The number of hydrogen-bond donors (Lipinski definition) is 1. The lowest BCUT2D eigenvalue weighted by Gasteiger charge is -2.01. The second-order valence-electron chi connectivity index (χ2n) is 1.91. The first-order valence-electron chi connectivity index (χ1n) is 2.81. The van der Waals surface area contributed by atoms with E-state index in [0.717, 1.165) is 6.07 Å². The van der Waals surface area contributed by atoms with E-state index < -0.39 is 6.43 Å². The molecule has 60 valence electrons. The second kappa shape index (κ2) is 3.00. The van der Waals surface area contributed by atoms with Crippen LogP contribution in [0.15, 0.2) is 12.1 Å². The highest BCUT2D eigenvalue weighted by Gasteiger charge is 2.11. The third kappa shape index (κ3) is 1.77. The minimum Gasteiger partial charge on any atom is -0.383 e. The molecule has 0 spiro atoms. The molecule has 0 saturated carbocycles. The van der Waals surface area contributed by atoms with E-state index in [9.17, 15) is 8.78 Å². The van der Waals surface area contributed by atoms with Crippen LogP contribution in [0.25, 0.3) is 0 Å². The van der Waals surface area contributed by atoms with E-state index in [1.165, 1.54) is 6.07 Å². The highest BCUT2D eigenvalue weighted by molar-refractivity contribution is 6.29. The van der Waals surface area contributed by atoms with Crippen LogP contribution in [0, 0.1) is 0 Å². The zero-order chi connectivity index (χ0) is 8.43. The fourth-order valence-electron chi connectivity index (χ4n) is 0.645. The van der Waals surface area contributed by atoms with Gasteiger partial charge in [0.15, 0.2) is 0 Å². The summed E-state index contributed by atoms with van der Waals surface area (Å²) < 4.78 is 24.0. The van der Waals surface area contributed by atoms with Crippen molar-refractivity contribution in [3.63, 3.8) is 0 Å². The summed E-state index contributed by atoms with van der Waals surface area (Å²) in [4.78, 5) is 3.46. The number of aromatic nitrogens is 1. The minimum atomic E-state index is -2.60. The van der Waals surface area contributed by atoms with Crippen molar-refractivity contribution < 1.29 is 8.78 Å². The largest absolute Gasteiger partial charge is 0.383 e. The number of nitrogen functional groups attached to an aromatic ring is 1. The maximum atomic E-state index is 12.0. The Labute approximate surface area is 67.0 Å². The molecule has 11 heavy (non-hydrogen) atoms. The molecular weight excluding hydrogens is 174 g/mol. The average molecular weight is 179 g/mol. The van der Waals surface area contributed by atoms with Gasteiger partial charge in [-0.1, -0.05) is 11.6 Å². The number of nitrogens with zero attached hydrogens (tertiary/aromatic N) is 1. The summed E-state index contributed by atoms with van der Waals surface area (Å²) in [5.41, 5.74) is 4.86. The van der Waals surface area contributed by atoms with E-state index in [1.54, 1.807) is 0 Å². The number of pyridine rings is 1. The lowest BCUT2D eigenvalue weighted by Crippen LogP contribution is -1.97. The normalized spacial score (nSPS) is 10.5. The number of halogens is 3. The van der Waals surface area contributed by atoms with Crippen molar-refractivity contribution in [1.82, 2.24) is 4.98 Å². The zero-order valence-electron chi connectivity index (χ0n) is 5.39. The van der Waals surface area contributed by atoms with Gasteiger partial charge in [-0.05, 0) is 12.1 Å². The first-order chi connectivity index (χ1) is 5.11. The van der Waals surface area contributed by atoms with Gasteiger partial charge in [-0.3, -0.25) is 0 Å². The predicted octanol–water partition coefficient (Wildman–Crippen LogP) is 2.25. The van der Waals surface area contributed by atoms with Crippen LogP contribution in [0.2, 0.25) is 5.15 Å². The molecule has 0 aliphatic heterocycles. The van der Waals surface area contributed by atoms with E-state index >= 15 is 0 Å². The molecular formula is C6H5ClF2N2. The lowest BCUT2D eigenvalue weighted by molar-refractivity contribution is 0.152. The van der Waals surface area contributed by atoms with E-state index in [-0.39, 0.29) is 16.5 Å². The Morgan fingerprint density at radius 2 is 2.09 bits per heavy atom. The Morgan fingerprint density at radius 1 is 1.45 bits per heavy atom. The molecule has 1 aromatic heterocycles. The van der Waals surface area contributed by atoms with Gasteiger partial charge in [-0.2, -0.15) is 0 Å². The summed E-state index contributed by atoms with van der Waals surface area (Å²) in [5, 5.41) is 0.118. The van der Waals surface area contributed by atoms with Gasteiger partial charge in [0.25, 0.3) is 6.43 Å². The predicted molar refractivity (Wildman–Crippen MR) is 38.6 cm³/mol. The molecule has 0 unspecified atom stereocenters. The van der Waals surface area contributed by atoms with E-state index in [4.69, 9.17) is 17.3 Å². The van der Waals surface area contributed by atoms with Crippen molar-refractivity contribution >= 4 is 17.4 Å². The van der Waals surface area contributed by atoms with Crippen LogP contribution in [-0.2, 0) is 0 Å². The Balaban J connectivity index is 3.09. The molecule has 1 heterocycles. The van der Waals surface area contributed by atoms with Crippen molar-refractivity contribution in [2.45, 2.75) is 6.43 Å². The smallest absolute Gasteiger partial charge is 0.267 e. The molecule has 1 aromatic rings. The molecule has 0 saturated heterocycles. The topological polar surface area (TPSA) is 38.9 Å². The van der Waals surface area contributed by atoms with Crippen molar-refractivity contribution in [3.8, 4) is 0 Å². The van der Waals surface area contributed by atoms with Gasteiger partial charge in [-0.25, -0.2) is 13.8 Å². The lowest BCUT2D eigenvalue weighted by atomic mass is 10.3. The fraction of sp³-hybridized carbons (Fsp3) is 0.167. The molecule has 1 rings (SSSR count). The SMILES string of the molecule is Nc1nc(Cl)ccc1C(F)F. The summed E-state index contributed by atoms with van der Waals surface area (Å²) in [7, 11) is 0. The first-order valence-corrected chi connectivity index (χ1v) is 3.19. The Morgan fingerprint density at radius 3 is 2.55 bits per heavy atom. The van der Waals surface area contributed by atoms with E-state index in [0.29, 0.717) is 0 Å². The van der Waals surface area contributed by atoms with Crippen LogP contribution in [0.5, 0.6) is 0 Å². The number of alkyl halides is 2. The first kappa shape index (κ1) is 8.20. The van der Waals surface area contributed by atoms with Crippen LogP contribution < -0.4 is 5.73 Å². The Kier molecular flexibility index (Phi) is 2.24. The monoisotopic (exact) mass is 178 g/mol. The van der Waals surface area contributed by atoms with Crippen LogP contribution in [0.4, 0.5) is 14.6 Å². The highest BCUT2D eigenvalue weighted by Crippen LogP contribution is 2.24. The van der Waals surface area contributed by atoms with Crippen molar-refractivity contribution in [3.05, 3.63) is 22.8 Å². The molecule has 0 radical (unpaired) electrons. The summed E-state index contributed by atoms with van der Waals surface area (Å²) in [6, 6.07) is 2.44. The van der Waals surface area contributed by atoms with Gasteiger partial charge >= 0.3 is 0 Å².